The van der Waals surface area contributed by atoms with Crippen molar-refractivity contribution in [3.8, 4) is 0 Å². The Morgan fingerprint density at radius 3 is 1.81 bits per heavy atom. The third-order valence-electron chi connectivity index (χ3n) is 8.73. The summed E-state index contributed by atoms with van der Waals surface area (Å²) in [7, 11) is 0. The summed E-state index contributed by atoms with van der Waals surface area (Å²) < 4.78 is 33.8. The fourth-order valence-electron chi connectivity index (χ4n) is 6.46. The van der Waals surface area contributed by atoms with E-state index in [0.29, 0.717) is 32.7 Å². The fourth-order valence-corrected chi connectivity index (χ4v) is 6.46. The Morgan fingerprint density at radius 2 is 1.26 bits per heavy atom. The molecule has 4 saturated heterocycles. The topological polar surface area (TPSA) is 134 Å². The number of rotatable bonds is 11. The van der Waals surface area contributed by atoms with Crippen LogP contribution in [0.3, 0.4) is 0 Å². The van der Waals surface area contributed by atoms with Crippen molar-refractivity contribution in [2.45, 2.75) is 75.1 Å². The standard InChI is InChI=1S/C32H40N2O9/c35-26(25(16-21-9-5-2-6-10-21)34-32(37)43-28-19-41-30-24(28)12-14-39-30)17-22(15-20-7-3-1-4-8-20)33-31(36)42-27-18-40-29-23(27)11-13-38-29/h1-10,22-30,35H,11-19H2,(H,33,36)(H,34,37)/t22-,23?,24?,25-,26-,27+,28+,29?,30?/m0/s1. The summed E-state index contributed by atoms with van der Waals surface area (Å²) >= 11 is 0. The number of carbonyl (C=O) groups is 2. The molecule has 4 aliphatic rings. The van der Waals surface area contributed by atoms with Gasteiger partial charge in [-0.2, -0.15) is 0 Å². The number of nitrogens with one attached hydrogen (secondary N) is 2. The van der Waals surface area contributed by atoms with Crippen LogP contribution in [0.1, 0.15) is 30.4 Å². The van der Waals surface area contributed by atoms with Gasteiger partial charge >= 0.3 is 12.2 Å². The fraction of sp³-hybridized carbons (Fsp3) is 0.562. The summed E-state index contributed by atoms with van der Waals surface area (Å²) in [6.07, 6.45) is -1.11. The maximum Gasteiger partial charge on any atom is 0.407 e. The predicted octanol–water partition coefficient (Wildman–Crippen LogP) is 2.94. The molecule has 0 bridgehead atoms. The summed E-state index contributed by atoms with van der Waals surface area (Å²) in [5.74, 6) is 0.0239. The zero-order valence-electron chi connectivity index (χ0n) is 24.0. The Bertz CT molecular complexity index is 1200. The first-order chi connectivity index (χ1) is 21.0. The molecule has 0 spiro atoms. The first-order valence-corrected chi connectivity index (χ1v) is 15.2. The second-order valence-electron chi connectivity index (χ2n) is 11.7. The number of carbonyl (C=O) groups excluding carboxylic acids is 2. The van der Waals surface area contributed by atoms with Gasteiger partial charge in [0.15, 0.2) is 12.6 Å². The van der Waals surface area contributed by atoms with Crippen molar-refractivity contribution < 1.29 is 43.1 Å². The molecule has 0 saturated carbocycles. The van der Waals surface area contributed by atoms with Gasteiger partial charge in [-0.15, -0.1) is 0 Å². The lowest BCUT2D eigenvalue weighted by Gasteiger charge is -2.29. The van der Waals surface area contributed by atoms with E-state index in [1.807, 2.05) is 60.7 Å². The molecule has 4 fully saturated rings. The number of aliphatic hydroxyl groups is 1. The molecule has 11 nitrogen and oxygen atoms in total. The van der Waals surface area contributed by atoms with E-state index in [0.717, 1.165) is 24.0 Å². The average molecular weight is 597 g/mol. The smallest absolute Gasteiger partial charge is 0.407 e. The number of alkyl carbamates (subject to hydrolysis) is 2. The number of fused-ring (bicyclic) bond motifs is 2. The third-order valence-corrected chi connectivity index (χ3v) is 8.73. The highest BCUT2D eigenvalue weighted by Gasteiger charge is 2.45. The zero-order chi connectivity index (χ0) is 29.6. The first-order valence-electron chi connectivity index (χ1n) is 15.2. The summed E-state index contributed by atoms with van der Waals surface area (Å²) in [6.45, 7) is 1.73. The molecule has 3 N–H and O–H groups in total. The number of ether oxygens (including phenoxy) is 6. The van der Waals surface area contributed by atoms with Gasteiger partial charge in [-0.05, 0) is 43.2 Å². The molecule has 4 heterocycles. The second-order valence-corrected chi connectivity index (χ2v) is 11.7. The van der Waals surface area contributed by atoms with Gasteiger partial charge in [0.1, 0.15) is 12.2 Å². The number of amides is 2. The molecule has 4 unspecified atom stereocenters. The Labute approximate surface area is 251 Å². The van der Waals surface area contributed by atoms with Crippen molar-refractivity contribution in [1.29, 1.82) is 0 Å². The van der Waals surface area contributed by atoms with E-state index in [1.165, 1.54) is 0 Å². The van der Waals surface area contributed by atoms with Gasteiger partial charge < -0.3 is 44.2 Å². The van der Waals surface area contributed by atoms with Crippen LogP contribution in [0, 0.1) is 11.8 Å². The molecule has 6 rings (SSSR count). The zero-order valence-corrected chi connectivity index (χ0v) is 24.0. The lowest BCUT2D eigenvalue weighted by Crippen LogP contribution is -2.50. The van der Waals surface area contributed by atoms with Crippen LogP contribution in [0.25, 0.3) is 0 Å². The summed E-state index contributed by atoms with van der Waals surface area (Å²) in [5, 5.41) is 17.4. The molecule has 2 amide bonds. The Hall–Kier alpha value is -3.22. The monoisotopic (exact) mass is 596 g/mol. The van der Waals surface area contributed by atoms with Crippen LogP contribution < -0.4 is 10.6 Å². The van der Waals surface area contributed by atoms with Crippen molar-refractivity contribution in [2.75, 3.05) is 26.4 Å². The Kier molecular flexibility index (Phi) is 9.74. The molecule has 0 aromatic heterocycles. The number of hydrogen-bond donors (Lipinski definition) is 3. The third kappa shape index (κ3) is 7.66. The maximum atomic E-state index is 13.1. The lowest BCUT2D eigenvalue weighted by atomic mass is 9.94. The van der Waals surface area contributed by atoms with Crippen LogP contribution in [0.4, 0.5) is 9.59 Å². The number of aliphatic hydroxyl groups excluding tert-OH is 1. The first kappa shape index (κ1) is 29.8. The molecule has 4 aliphatic heterocycles. The van der Waals surface area contributed by atoms with Gasteiger partial charge in [-0.1, -0.05) is 60.7 Å². The van der Waals surface area contributed by atoms with Crippen molar-refractivity contribution >= 4 is 12.2 Å². The molecular weight excluding hydrogens is 556 g/mol. The summed E-state index contributed by atoms with van der Waals surface area (Å²) in [4.78, 5) is 26.1. The van der Waals surface area contributed by atoms with E-state index in [1.54, 1.807) is 0 Å². The van der Waals surface area contributed by atoms with Crippen LogP contribution in [0.15, 0.2) is 60.7 Å². The minimum Gasteiger partial charge on any atom is -0.443 e. The largest absolute Gasteiger partial charge is 0.443 e. The minimum atomic E-state index is -1.01. The molecule has 9 atom stereocenters. The molecule has 0 aliphatic carbocycles. The number of benzene rings is 2. The summed E-state index contributed by atoms with van der Waals surface area (Å²) in [6, 6.07) is 18.2. The quantitative estimate of drug-likeness (QED) is 0.358. The maximum absolute atomic E-state index is 13.1. The van der Waals surface area contributed by atoms with Crippen molar-refractivity contribution in [1.82, 2.24) is 10.6 Å². The minimum absolute atomic E-state index is 0.00468. The van der Waals surface area contributed by atoms with Crippen LogP contribution in [-0.2, 0) is 41.3 Å². The second kappa shape index (κ2) is 14.0. The van der Waals surface area contributed by atoms with E-state index < -0.39 is 36.5 Å². The highest BCUT2D eigenvalue weighted by atomic mass is 16.7. The van der Waals surface area contributed by atoms with Crippen LogP contribution >= 0.6 is 0 Å². The van der Waals surface area contributed by atoms with Gasteiger partial charge in [0.05, 0.1) is 50.4 Å². The van der Waals surface area contributed by atoms with Gasteiger partial charge in [-0.25, -0.2) is 9.59 Å². The van der Waals surface area contributed by atoms with E-state index in [9.17, 15) is 14.7 Å². The van der Waals surface area contributed by atoms with E-state index in [2.05, 4.69) is 10.6 Å². The van der Waals surface area contributed by atoms with Gasteiger partial charge in [0.2, 0.25) is 0 Å². The van der Waals surface area contributed by atoms with Crippen LogP contribution in [-0.4, -0.2) is 86.7 Å². The average Bonchev–Trinajstić information content (AvgIpc) is 3.79. The van der Waals surface area contributed by atoms with Crippen molar-refractivity contribution in [3.63, 3.8) is 0 Å². The normalized spacial score (nSPS) is 29.7. The molecule has 2 aromatic carbocycles. The van der Waals surface area contributed by atoms with E-state index in [4.69, 9.17) is 28.4 Å². The molecule has 11 heteroatoms. The molecule has 43 heavy (non-hydrogen) atoms. The Morgan fingerprint density at radius 1 is 0.744 bits per heavy atom. The molecule has 2 aromatic rings. The van der Waals surface area contributed by atoms with E-state index >= 15 is 0 Å². The van der Waals surface area contributed by atoms with Gasteiger partial charge in [0.25, 0.3) is 0 Å². The highest BCUT2D eigenvalue weighted by Crippen LogP contribution is 2.34. The predicted molar refractivity (Wildman–Crippen MR) is 153 cm³/mol. The molecular formula is C32H40N2O9. The highest BCUT2D eigenvalue weighted by molar-refractivity contribution is 5.68. The Balaban J connectivity index is 1.12. The van der Waals surface area contributed by atoms with Crippen molar-refractivity contribution in [3.05, 3.63) is 71.8 Å². The number of hydrogen-bond acceptors (Lipinski definition) is 9. The van der Waals surface area contributed by atoms with Crippen LogP contribution in [0.2, 0.25) is 0 Å². The SMILES string of the molecule is O=C(N[C@@H](Cc1ccccc1)C[C@H](O)[C@H](Cc1ccccc1)NC(=O)O[C@@H]1COC2OCCC21)O[C@@H]1COC2OCCC21. The van der Waals surface area contributed by atoms with Gasteiger partial charge in [0, 0.05) is 6.04 Å². The van der Waals surface area contributed by atoms with Crippen LogP contribution in [0.5, 0.6) is 0 Å². The van der Waals surface area contributed by atoms with Gasteiger partial charge in [-0.3, -0.25) is 0 Å². The molecule has 232 valence electrons. The molecule has 0 radical (unpaired) electrons. The van der Waals surface area contributed by atoms with E-state index in [-0.39, 0.29) is 43.5 Å². The van der Waals surface area contributed by atoms with Crippen molar-refractivity contribution in [2.24, 2.45) is 11.8 Å². The lowest BCUT2D eigenvalue weighted by molar-refractivity contribution is -0.0909. The summed E-state index contributed by atoms with van der Waals surface area (Å²) in [5.41, 5.74) is 1.94.